The fraction of sp³-hybridized carbons (Fsp3) is 0.500. The average molecular weight is 283 g/mol. The number of rotatable bonds is 7. The van der Waals surface area contributed by atoms with Crippen LogP contribution in [0.25, 0.3) is 0 Å². The van der Waals surface area contributed by atoms with Gasteiger partial charge >= 0.3 is 0 Å². The van der Waals surface area contributed by atoms with Crippen LogP contribution in [-0.2, 0) is 21.1 Å². The average Bonchev–Trinajstić information content (AvgIpc) is 2.35. The molecule has 2 N–H and O–H groups in total. The van der Waals surface area contributed by atoms with E-state index in [-0.39, 0.29) is 18.0 Å². The van der Waals surface area contributed by atoms with Crippen molar-refractivity contribution in [2.24, 2.45) is 0 Å². The molecular formula is C14H21NO3S. The molecule has 0 spiro atoms. The van der Waals surface area contributed by atoms with Crippen molar-refractivity contribution in [3.63, 3.8) is 0 Å². The maximum absolute atomic E-state index is 11.7. The van der Waals surface area contributed by atoms with Crippen LogP contribution in [0.3, 0.4) is 0 Å². The summed E-state index contributed by atoms with van der Waals surface area (Å²) in [6, 6.07) is 7.35. The fourth-order valence-electron chi connectivity index (χ4n) is 1.58. The van der Waals surface area contributed by atoms with Gasteiger partial charge in [-0.2, -0.15) is 0 Å². The van der Waals surface area contributed by atoms with E-state index in [1.807, 2.05) is 12.1 Å². The quantitative estimate of drug-likeness (QED) is 0.776. The van der Waals surface area contributed by atoms with E-state index in [9.17, 15) is 13.2 Å². The molecule has 0 aliphatic heterocycles. The molecule has 1 aromatic carbocycles. The minimum absolute atomic E-state index is 0.0129. The van der Waals surface area contributed by atoms with E-state index in [1.54, 1.807) is 26.0 Å². The Morgan fingerprint density at radius 1 is 1.16 bits per heavy atom. The lowest BCUT2D eigenvalue weighted by Gasteiger charge is -2.07. The summed E-state index contributed by atoms with van der Waals surface area (Å²) in [6.45, 7) is 3.27. The molecule has 0 fully saturated rings. The Bertz CT molecular complexity index is 518. The third-order valence-electron chi connectivity index (χ3n) is 3.06. The van der Waals surface area contributed by atoms with Gasteiger partial charge in [-0.3, -0.25) is 4.79 Å². The first-order valence-corrected chi connectivity index (χ1v) is 8.10. The number of aryl methyl sites for hydroxylation is 1. The predicted octanol–water partition coefficient (Wildman–Crippen LogP) is 1.98. The van der Waals surface area contributed by atoms with Crippen molar-refractivity contribution in [3.8, 4) is 0 Å². The highest BCUT2D eigenvalue weighted by molar-refractivity contribution is 7.91. The Balaban J connectivity index is 2.38. The van der Waals surface area contributed by atoms with Crippen LogP contribution < -0.4 is 5.73 Å². The first kappa shape index (κ1) is 15.7. The number of hydrogen-bond donors (Lipinski definition) is 1. The number of carbonyl (C=O) groups is 1. The summed E-state index contributed by atoms with van der Waals surface area (Å²) >= 11 is 0. The van der Waals surface area contributed by atoms with Gasteiger partial charge in [0.1, 0.15) is 5.78 Å². The number of hydrogen-bond acceptors (Lipinski definition) is 4. The lowest BCUT2D eigenvalue weighted by Crippen LogP contribution is -2.20. The largest absolute Gasteiger partial charge is 0.399 e. The van der Waals surface area contributed by atoms with Gasteiger partial charge in [0.15, 0.2) is 9.84 Å². The monoisotopic (exact) mass is 283 g/mol. The summed E-state index contributed by atoms with van der Waals surface area (Å²) in [5.74, 6) is -0.0633. The van der Waals surface area contributed by atoms with Crippen LogP contribution in [0, 0.1) is 0 Å². The molecule has 1 rings (SSSR count). The number of Topliss-reactive ketones (excluding diaryl/α,β-unsaturated/α-hetero) is 1. The molecule has 0 heterocycles. The SMILES string of the molecule is CC(C)S(=O)(=O)CCC(=O)CCc1ccc(N)cc1. The number of nitrogens with two attached hydrogens (primary N) is 1. The maximum atomic E-state index is 11.7. The minimum atomic E-state index is -3.12. The zero-order chi connectivity index (χ0) is 14.5. The predicted molar refractivity (Wildman–Crippen MR) is 77.7 cm³/mol. The Morgan fingerprint density at radius 2 is 1.74 bits per heavy atom. The topological polar surface area (TPSA) is 77.2 Å². The second kappa shape index (κ2) is 6.70. The van der Waals surface area contributed by atoms with Crippen molar-refractivity contribution in [2.75, 3.05) is 11.5 Å². The molecule has 0 aliphatic rings. The summed E-state index contributed by atoms with van der Waals surface area (Å²) in [6.07, 6.45) is 1.11. The smallest absolute Gasteiger partial charge is 0.153 e. The van der Waals surface area contributed by atoms with Gasteiger partial charge < -0.3 is 5.73 Å². The second-order valence-electron chi connectivity index (χ2n) is 4.95. The maximum Gasteiger partial charge on any atom is 0.153 e. The van der Waals surface area contributed by atoms with E-state index >= 15 is 0 Å². The van der Waals surface area contributed by atoms with Crippen LogP contribution in [0.4, 0.5) is 5.69 Å². The van der Waals surface area contributed by atoms with Crippen molar-refractivity contribution in [2.45, 2.75) is 38.4 Å². The van der Waals surface area contributed by atoms with E-state index in [0.717, 1.165) is 5.56 Å². The number of carbonyl (C=O) groups excluding carboxylic acids is 1. The molecule has 0 saturated carbocycles. The van der Waals surface area contributed by atoms with Crippen LogP contribution in [0.1, 0.15) is 32.3 Å². The zero-order valence-corrected chi connectivity index (χ0v) is 12.2. The van der Waals surface area contributed by atoms with Crippen molar-refractivity contribution in [1.29, 1.82) is 0 Å². The lowest BCUT2D eigenvalue weighted by atomic mass is 10.1. The Labute approximate surface area is 114 Å². The molecular weight excluding hydrogens is 262 g/mol. The molecule has 0 aliphatic carbocycles. The van der Waals surface area contributed by atoms with E-state index in [0.29, 0.717) is 18.5 Å². The fourth-order valence-corrected chi connectivity index (χ4v) is 2.57. The van der Waals surface area contributed by atoms with Gasteiger partial charge in [0.2, 0.25) is 0 Å². The lowest BCUT2D eigenvalue weighted by molar-refractivity contribution is -0.118. The third kappa shape index (κ3) is 5.42. The van der Waals surface area contributed by atoms with Crippen molar-refractivity contribution < 1.29 is 13.2 Å². The number of ketones is 1. The van der Waals surface area contributed by atoms with Crippen LogP contribution >= 0.6 is 0 Å². The molecule has 0 saturated heterocycles. The standard InChI is InChI=1S/C14H21NO3S/c1-11(2)19(17,18)10-9-14(16)8-5-12-3-6-13(15)7-4-12/h3-4,6-7,11H,5,8-10,15H2,1-2H3. The van der Waals surface area contributed by atoms with Gasteiger partial charge in [-0.25, -0.2) is 8.42 Å². The molecule has 0 radical (unpaired) electrons. The third-order valence-corrected chi connectivity index (χ3v) is 5.27. The van der Waals surface area contributed by atoms with Crippen molar-refractivity contribution in [3.05, 3.63) is 29.8 Å². The van der Waals surface area contributed by atoms with Gasteiger partial charge in [-0.1, -0.05) is 12.1 Å². The van der Waals surface area contributed by atoms with Gasteiger partial charge in [0, 0.05) is 18.5 Å². The van der Waals surface area contributed by atoms with E-state index in [4.69, 9.17) is 5.73 Å². The Hall–Kier alpha value is -1.36. The first-order chi connectivity index (χ1) is 8.81. The summed E-state index contributed by atoms with van der Waals surface area (Å²) in [4.78, 5) is 11.7. The number of nitrogen functional groups attached to an aromatic ring is 1. The summed E-state index contributed by atoms with van der Waals surface area (Å²) < 4.78 is 23.2. The molecule has 0 bridgehead atoms. The summed E-state index contributed by atoms with van der Waals surface area (Å²) in [5.41, 5.74) is 7.30. The molecule has 106 valence electrons. The zero-order valence-electron chi connectivity index (χ0n) is 11.4. The second-order valence-corrected chi connectivity index (χ2v) is 7.62. The summed E-state index contributed by atoms with van der Waals surface area (Å²) in [7, 11) is -3.12. The number of benzene rings is 1. The first-order valence-electron chi connectivity index (χ1n) is 6.39. The highest BCUT2D eigenvalue weighted by Crippen LogP contribution is 2.09. The van der Waals surface area contributed by atoms with E-state index in [1.165, 1.54) is 0 Å². The molecule has 0 amide bonds. The molecule has 0 aromatic heterocycles. The number of anilines is 1. The van der Waals surface area contributed by atoms with Crippen LogP contribution in [-0.4, -0.2) is 25.2 Å². The minimum Gasteiger partial charge on any atom is -0.399 e. The van der Waals surface area contributed by atoms with Crippen LogP contribution in [0.5, 0.6) is 0 Å². The van der Waals surface area contributed by atoms with Gasteiger partial charge in [-0.05, 0) is 38.0 Å². The molecule has 19 heavy (non-hydrogen) atoms. The summed E-state index contributed by atoms with van der Waals surface area (Å²) in [5, 5.41) is -0.419. The molecule has 0 unspecified atom stereocenters. The van der Waals surface area contributed by atoms with E-state index < -0.39 is 15.1 Å². The van der Waals surface area contributed by atoms with Crippen molar-refractivity contribution in [1.82, 2.24) is 0 Å². The van der Waals surface area contributed by atoms with Crippen molar-refractivity contribution >= 4 is 21.3 Å². The normalized spacial score (nSPS) is 11.7. The molecule has 4 nitrogen and oxygen atoms in total. The van der Waals surface area contributed by atoms with Gasteiger partial charge in [0.25, 0.3) is 0 Å². The Morgan fingerprint density at radius 3 is 2.26 bits per heavy atom. The highest BCUT2D eigenvalue weighted by Gasteiger charge is 2.17. The van der Waals surface area contributed by atoms with Crippen LogP contribution in [0.2, 0.25) is 0 Å². The van der Waals surface area contributed by atoms with Gasteiger partial charge in [-0.15, -0.1) is 0 Å². The highest BCUT2D eigenvalue weighted by atomic mass is 32.2. The van der Waals surface area contributed by atoms with E-state index in [2.05, 4.69) is 0 Å². The Kier molecular flexibility index (Phi) is 5.54. The van der Waals surface area contributed by atoms with Crippen LogP contribution in [0.15, 0.2) is 24.3 Å². The molecule has 1 aromatic rings. The van der Waals surface area contributed by atoms with Gasteiger partial charge in [0.05, 0.1) is 11.0 Å². The molecule has 0 atom stereocenters. The number of sulfone groups is 1. The molecule has 5 heteroatoms.